The van der Waals surface area contributed by atoms with E-state index in [1.165, 1.54) is 0 Å². The van der Waals surface area contributed by atoms with E-state index in [9.17, 15) is 9.59 Å². The van der Waals surface area contributed by atoms with E-state index in [2.05, 4.69) is 10.1 Å². The lowest BCUT2D eigenvalue weighted by molar-refractivity contribution is 0.0674. The van der Waals surface area contributed by atoms with Gasteiger partial charge in [-0.05, 0) is 19.1 Å². The fourth-order valence-corrected chi connectivity index (χ4v) is 1.70. The average Bonchev–Trinajstić information content (AvgIpc) is 2.84. The molecule has 0 saturated heterocycles. The van der Waals surface area contributed by atoms with Crippen LogP contribution in [0.2, 0.25) is 0 Å². The molecule has 2 rings (SSSR count). The maximum Gasteiger partial charge on any atom is 0.356 e. The summed E-state index contributed by atoms with van der Waals surface area (Å²) in [5.41, 5.74) is 0.112. The largest absolute Gasteiger partial charge is 0.477 e. The van der Waals surface area contributed by atoms with E-state index < -0.39 is 18.0 Å². The van der Waals surface area contributed by atoms with Gasteiger partial charge in [0, 0.05) is 12.3 Å². The summed E-state index contributed by atoms with van der Waals surface area (Å²) in [5, 5.41) is 21.8. The molecule has 7 heteroatoms. The van der Waals surface area contributed by atoms with E-state index in [0.29, 0.717) is 5.69 Å². The molecule has 0 aromatic carbocycles. The topological polar surface area (TPSA) is 105 Å². The Labute approximate surface area is 108 Å². The zero-order valence-electron chi connectivity index (χ0n) is 10.0. The summed E-state index contributed by atoms with van der Waals surface area (Å²) in [6.07, 6.45) is 1.58. The Bertz CT molecular complexity index is 621. The molecule has 1 unspecified atom stereocenters. The highest BCUT2D eigenvalue weighted by Crippen LogP contribution is 2.18. The summed E-state index contributed by atoms with van der Waals surface area (Å²) in [5.74, 6) is -2.50. The summed E-state index contributed by atoms with van der Waals surface area (Å²) < 4.78 is 1.15. The number of aromatic carboxylic acids is 2. The van der Waals surface area contributed by atoms with E-state index in [4.69, 9.17) is 10.2 Å². The first-order chi connectivity index (χ1) is 9.00. The SMILES string of the molecule is CC(c1ccccn1)n1nc(C(=O)O)cc1C(=O)O. The maximum absolute atomic E-state index is 11.1. The Kier molecular flexibility index (Phi) is 3.28. The number of carboxylic acids is 2. The van der Waals surface area contributed by atoms with Gasteiger partial charge in [0.1, 0.15) is 5.69 Å². The molecule has 2 N–H and O–H groups in total. The van der Waals surface area contributed by atoms with Gasteiger partial charge in [0.05, 0.1) is 11.7 Å². The average molecular weight is 261 g/mol. The van der Waals surface area contributed by atoms with Gasteiger partial charge >= 0.3 is 11.9 Å². The Balaban J connectivity index is 2.49. The summed E-state index contributed by atoms with van der Waals surface area (Å²) >= 11 is 0. The van der Waals surface area contributed by atoms with Gasteiger partial charge in [0.25, 0.3) is 0 Å². The summed E-state index contributed by atoms with van der Waals surface area (Å²) in [6, 6.07) is 5.78. The smallest absolute Gasteiger partial charge is 0.356 e. The normalized spacial score (nSPS) is 12.1. The lowest BCUT2D eigenvalue weighted by Gasteiger charge is -2.13. The maximum atomic E-state index is 11.1. The van der Waals surface area contributed by atoms with Gasteiger partial charge < -0.3 is 10.2 Å². The second-order valence-corrected chi connectivity index (χ2v) is 3.90. The first kappa shape index (κ1) is 12.7. The molecular formula is C12H11N3O4. The number of hydrogen-bond acceptors (Lipinski definition) is 4. The minimum atomic E-state index is -1.27. The Hall–Kier alpha value is -2.70. The van der Waals surface area contributed by atoms with Gasteiger partial charge in [-0.2, -0.15) is 5.10 Å². The standard InChI is InChI=1S/C12H11N3O4/c1-7(8-4-2-3-5-13-8)15-10(12(18)19)6-9(14-15)11(16)17/h2-7H,1H3,(H,16,17)(H,18,19). The predicted molar refractivity (Wildman–Crippen MR) is 64.2 cm³/mol. The highest BCUT2D eigenvalue weighted by Gasteiger charge is 2.22. The quantitative estimate of drug-likeness (QED) is 0.858. The third kappa shape index (κ3) is 2.44. The lowest BCUT2D eigenvalue weighted by atomic mass is 10.2. The minimum absolute atomic E-state index is 0.185. The first-order valence-electron chi connectivity index (χ1n) is 5.47. The number of rotatable bonds is 4. The molecule has 7 nitrogen and oxygen atoms in total. The van der Waals surface area contributed by atoms with Crippen molar-refractivity contribution in [1.29, 1.82) is 0 Å². The van der Waals surface area contributed by atoms with Crippen LogP contribution in [0.4, 0.5) is 0 Å². The van der Waals surface area contributed by atoms with Crippen molar-refractivity contribution in [3.8, 4) is 0 Å². The van der Waals surface area contributed by atoms with Crippen molar-refractivity contribution < 1.29 is 19.8 Å². The highest BCUT2D eigenvalue weighted by molar-refractivity contribution is 5.91. The Morgan fingerprint density at radius 3 is 2.53 bits per heavy atom. The van der Waals surface area contributed by atoms with Gasteiger partial charge in [0.15, 0.2) is 5.69 Å². The van der Waals surface area contributed by atoms with Gasteiger partial charge in [0.2, 0.25) is 0 Å². The zero-order valence-corrected chi connectivity index (χ0v) is 10.0. The van der Waals surface area contributed by atoms with E-state index in [0.717, 1.165) is 10.7 Å². The molecule has 0 fully saturated rings. The third-order valence-electron chi connectivity index (χ3n) is 2.66. The van der Waals surface area contributed by atoms with Crippen LogP contribution in [0.5, 0.6) is 0 Å². The number of nitrogens with zero attached hydrogens (tertiary/aromatic N) is 3. The van der Waals surface area contributed by atoms with E-state index in [1.54, 1.807) is 31.3 Å². The molecule has 98 valence electrons. The van der Waals surface area contributed by atoms with Crippen molar-refractivity contribution in [3.05, 3.63) is 47.5 Å². The van der Waals surface area contributed by atoms with E-state index >= 15 is 0 Å². The minimum Gasteiger partial charge on any atom is -0.477 e. The predicted octanol–water partition coefficient (Wildman–Crippen LogP) is 1.28. The third-order valence-corrected chi connectivity index (χ3v) is 2.66. The van der Waals surface area contributed by atoms with Gasteiger partial charge in [-0.1, -0.05) is 6.07 Å². The summed E-state index contributed by atoms with van der Waals surface area (Å²) in [6.45, 7) is 1.70. The molecular weight excluding hydrogens is 250 g/mol. The first-order valence-corrected chi connectivity index (χ1v) is 5.47. The number of carboxylic acid groups (broad SMARTS) is 2. The number of aromatic nitrogens is 3. The monoisotopic (exact) mass is 261 g/mol. The van der Waals surface area contributed by atoms with Crippen LogP contribution < -0.4 is 0 Å². The Morgan fingerprint density at radius 1 is 1.26 bits per heavy atom. The van der Waals surface area contributed by atoms with Crippen molar-refractivity contribution >= 4 is 11.9 Å². The van der Waals surface area contributed by atoms with Crippen LogP contribution in [0.15, 0.2) is 30.5 Å². The van der Waals surface area contributed by atoms with E-state index in [-0.39, 0.29) is 11.4 Å². The van der Waals surface area contributed by atoms with Crippen molar-refractivity contribution in [3.63, 3.8) is 0 Å². The molecule has 0 aliphatic heterocycles. The molecule has 2 heterocycles. The van der Waals surface area contributed by atoms with Gasteiger partial charge in [-0.3, -0.25) is 4.98 Å². The van der Waals surface area contributed by atoms with Crippen LogP contribution in [0, 0.1) is 0 Å². The van der Waals surface area contributed by atoms with E-state index in [1.807, 2.05) is 0 Å². The summed E-state index contributed by atoms with van der Waals surface area (Å²) in [4.78, 5) is 26.1. The second kappa shape index (κ2) is 4.89. The van der Waals surface area contributed by atoms with Gasteiger partial charge in [-0.25, -0.2) is 14.3 Å². The molecule has 0 bridgehead atoms. The van der Waals surface area contributed by atoms with Crippen LogP contribution in [0.1, 0.15) is 39.6 Å². The molecule has 19 heavy (non-hydrogen) atoms. The van der Waals surface area contributed by atoms with Crippen LogP contribution in [0.25, 0.3) is 0 Å². The number of carbonyl (C=O) groups is 2. The van der Waals surface area contributed by atoms with Crippen LogP contribution >= 0.6 is 0 Å². The lowest BCUT2D eigenvalue weighted by Crippen LogP contribution is -2.16. The van der Waals surface area contributed by atoms with Crippen LogP contribution in [-0.4, -0.2) is 36.9 Å². The van der Waals surface area contributed by atoms with Crippen molar-refractivity contribution in [2.45, 2.75) is 13.0 Å². The molecule has 2 aromatic rings. The highest BCUT2D eigenvalue weighted by atomic mass is 16.4. The summed E-state index contributed by atoms with van der Waals surface area (Å²) in [7, 11) is 0. The van der Waals surface area contributed by atoms with Crippen LogP contribution in [-0.2, 0) is 0 Å². The molecule has 0 amide bonds. The van der Waals surface area contributed by atoms with Crippen molar-refractivity contribution in [2.24, 2.45) is 0 Å². The molecule has 0 spiro atoms. The molecule has 0 aliphatic rings. The van der Waals surface area contributed by atoms with Crippen LogP contribution in [0.3, 0.4) is 0 Å². The molecule has 1 atom stereocenters. The molecule has 0 aliphatic carbocycles. The van der Waals surface area contributed by atoms with Gasteiger partial charge in [-0.15, -0.1) is 0 Å². The molecule has 2 aromatic heterocycles. The van der Waals surface area contributed by atoms with Crippen molar-refractivity contribution in [2.75, 3.05) is 0 Å². The Morgan fingerprint density at radius 2 is 2.00 bits per heavy atom. The number of hydrogen-bond donors (Lipinski definition) is 2. The van der Waals surface area contributed by atoms with Crippen molar-refractivity contribution in [1.82, 2.24) is 14.8 Å². The fraction of sp³-hybridized carbons (Fsp3) is 0.167. The molecule has 0 saturated carbocycles. The fourth-order valence-electron chi connectivity index (χ4n) is 1.70. The molecule has 0 radical (unpaired) electrons. The zero-order chi connectivity index (χ0) is 14.0. The second-order valence-electron chi connectivity index (χ2n) is 3.90. The number of pyridine rings is 1.